The van der Waals surface area contributed by atoms with Crippen molar-refractivity contribution in [3.63, 3.8) is 0 Å². The normalized spacial score (nSPS) is 11.4. The molecule has 0 amide bonds. The quantitative estimate of drug-likeness (QED) is 0.455. The number of aliphatic carboxylic acids is 1. The van der Waals surface area contributed by atoms with E-state index in [0.29, 0.717) is 24.5 Å². The van der Waals surface area contributed by atoms with Crippen molar-refractivity contribution in [1.29, 1.82) is 0 Å². The molecule has 0 radical (unpaired) electrons. The SMILES string of the molecule is CCN(CCN(C)C)c1ncc(NS(=O)(=O)c2ccccc2C)cc1C(=O)O.O=C(O)C(F)(F)F. The van der Waals surface area contributed by atoms with Crippen molar-refractivity contribution in [2.45, 2.75) is 24.9 Å². The van der Waals surface area contributed by atoms with Gasteiger partial charge in [-0.05, 0) is 45.6 Å². The molecule has 1 aromatic heterocycles. The van der Waals surface area contributed by atoms with Crippen LogP contribution in [-0.2, 0) is 14.8 Å². The number of alkyl halides is 3. The highest BCUT2D eigenvalue weighted by Crippen LogP contribution is 2.24. The molecule has 3 N–H and O–H groups in total. The number of aromatic carboxylic acids is 1. The van der Waals surface area contributed by atoms with E-state index in [1.54, 1.807) is 25.1 Å². The minimum atomic E-state index is -5.08. The summed E-state index contributed by atoms with van der Waals surface area (Å²) in [6.45, 7) is 5.52. The molecule has 2 rings (SSSR count). The molecule has 194 valence electrons. The number of carboxylic acid groups (broad SMARTS) is 2. The fourth-order valence-electron chi connectivity index (χ4n) is 2.73. The predicted octanol–water partition coefficient (Wildman–Crippen LogP) is 2.91. The van der Waals surface area contributed by atoms with Gasteiger partial charge >= 0.3 is 18.1 Å². The van der Waals surface area contributed by atoms with E-state index in [-0.39, 0.29) is 16.1 Å². The number of nitrogens with one attached hydrogen (secondary N) is 1. The molecule has 0 aliphatic heterocycles. The molecular formula is C21H27F3N4O6S. The second kappa shape index (κ2) is 12.4. The Balaban J connectivity index is 0.000000762. The van der Waals surface area contributed by atoms with Gasteiger partial charge in [0, 0.05) is 19.6 Å². The highest BCUT2D eigenvalue weighted by Gasteiger charge is 2.38. The fourth-order valence-corrected chi connectivity index (χ4v) is 4.01. The van der Waals surface area contributed by atoms with Gasteiger partial charge in [-0.1, -0.05) is 18.2 Å². The highest BCUT2D eigenvalue weighted by molar-refractivity contribution is 7.92. The molecule has 0 bridgehead atoms. The van der Waals surface area contributed by atoms with E-state index < -0.39 is 28.1 Å². The Morgan fingerprint density at radius 3 is 2.14 bits per heavy atom. The standard InChI is InChI=1S/C19H26N4O4S.C2HF3O2/c1-5-23(11-10-22(3)4)18-16(19(24)25)12-15(13-20-18)21-28(26,27)17-9-7-6-8-14(17)2;3-2(4,5)1(6)7/h6-9,12-13,21H,5,10-11H2,1-4H3,(H,24,25);(H,6,7). The van der Waals surface area contributed by atoms with Crippen LogP contribution >= 0.6 is 0 Å². The highest BCUT2D eigenvalue weighted by atomic mass is 32.2. The third kappa shape index (κ3) is 9.05. The Morgan fingerprint density at radius 2 is 1.69 bits per heavy atom. The zero-order valence-electron chi connectivity index (χ0n) is 19.5. The van der Waals surface area contributed by atoms with E-state index in [2.05, 4.69) is 9.71 Å². The van der Waals surface area contributed by atoms with Gasteiger partial charge in [-0.15, -0.1) is 0 Å². The van der Waals surface area contributed by atoms with Crippen LogP contribution in [0.5, 0.6) is 0 Å². The Bertz CT molecular complexity index is 1140. The van der Waals surface area contributed by atoms with Gasteiger partial charge in [0.1, 0.15) is 11.4 Å². The van der Waals surface area contributed by atoms with Gasteiger partial charge in [0.05, 0.1) is 16.8 Å². The van der Waals surface area contributed by atoms with Gasteiger partial charge in [0.15, 0.2) is 0 Å². The molecule has 14 heteroatoms. The lowest BCUT2D eigenvalue weighted by Gasteiger charge is -2.25. The maximum atomic E-state index is 12.7. The minimum Gasteiger partial charge on any atom is -0.478 e. The topological polar surface area (TPSA) is 140 Å². The minimum absolute atomic E-state index is 0.0504. The van der Waals surface area contributed by atoms with Crippen LogP contribution in [0.1, 0.15) is 22.8 Å². The van der Waals surface area contributed by atoms with E-state index in [9.17, 15) is 31.5 Å². The lowest BCUT2D eigenvalue weighted by Crippen LogP contribution is -2.33. The van der Waals surface area contributed by atoms with Crippen molar-refractivity contribution in [1.82, 2.24) is 9.88 Å². The van der Waals surface area contributed by atoms with Gasteiger partial charge in [0.25, 0.3) is 10.0 Å². The lowest BCUT2D eigenvalue weighted by atomic mass is 10.2. The average Bonchev–Trinajstić information content (AvgIpc) is 2.74. The number of pyridine rings is 1. The molecule has 2 aromatic rings. The first-order chi connectivity index (χ1) is 16.1. The number of carboxylic acids is 2. The molecule has 0 unspecified atom stereocenters. The summed E-state index contributed by atoms with van der Waals surface area (Å²) in [5, 5.41) is 16.7. The molecule has 0 fully saturated rings. The summed E-state index contributed by atoms with van der Waals surface area (Å²) in [5.41, 5.74) is 0.650. The number of benzene rings is 1. The first kappa shape index (κ1) is 29.6. The summed E-state index contributed by atoms with van der Waals surface area (Å²) >= 11 is 0. The van der Waals surface area contributed by atoms with E-state index in [1.807, 2.05) is 30.8 Å². The van der Waals surface area contributed by atoms with Gasteiger partial charge in [-0.2, -0.15) is 13.2 Å². The van der Waals surface area contributed by atoms with Gasteiger partial charge in [0.2, 0.25) is 0 Å². The Kier molecular flexibility index (Phi) is 10.5. The number of halogens is 3. The molecular weight excluding hydrogens is 493 g/mol. The second-order valence-electron chi connectivity index (χ2n) is 7.46. The van der Waals surface area contributed by atoms with Crippen molar-refractivity contribution in [3.8, 4) is 0 Å². The molecule has 10 nitrogen and oxygen atoms in total. The zero-order valence-corrected chi connectivity index (χ0v) is 20.3. The van der Waals surface area contributed by atoms with Crippen molar-refractivity contribution in [2.75, 3.05) is 43.4 Å². The molecule has 35 heavy (non-hydrogen) atoms. The van der Waals surface area contributed by atoms with Crippen LogP contribution in [0.25, 0.3) is 0 Å². The third-order valence-corrected chi connectivity index (χ3v) is 6.01. The molecule has 1 heterocycles. The second-order valence-corrected chi connectivity index (χ2v) is 9.11. The first-order valence-corrected chi connectivity index (χ1v) is 11.6. The maximum absolute atomic E-state index is 12.7. The Hall–Kier alpha value is -3.39. The average molecular weight is 521 g/mol. The van der Waals surface area contributed by atoms with E-state index in [4.69, 9.17) is 9.90 Å². The Labute approximate surface area is 201 Å². The number of sulfonamides is 1. The van der Waals surface area contributed by atoms with Crippen molar-refractivity contribution < 1.29 is 41.4 Å². The van der Waals surface area contributed by atoms with Crippen LogP contribution in [0.4, 0.5) is 24.7 Å². The monoisotopic (exact) mass is 520 g/mol. The molecule has 0 saturated carbocycles. The zero-order chi connectivity index (χ0) is 27.0. The largest absolute Gasteiger partial charge is 0.490 e. The number of hydrogen-bond donors (Lipinski definition) is 3. The maximum Gasteiger partial charge on any atom is 0.490 e. The molecule has 0 aliphatic carbocycles. The molecule has 0 aliphatic rings. The number of nitrogens with zero attached hydrogens (tertiary/aromatic N) is 3. The smallest absolute Gasteiger partial charge is 0.478 e. The van der Waals surface area contributed by atoms with Crippen molar-refractivity contribution >= 4 is 33.5 Å². The third-order valence-electron chi connectivity index (χ3n) is 4.47. The van der Waals surface area contributed by atoms with Crippen LogP contribution < -0.4 is 9.62 Å². The number of hydrogen-bond acceptors (Lipinski definition) is 7. The summed E-state index contributed by atoms with van der Waals surface area (Å²) < 4.78 is 59.5. The summed E-state index contributed by atoms with van der Waals surface area (Å²) in [7, 11) is 0.0169. The molecule has 0 spiro atoms. The lowest BCUT2D eigenvalue weighted by molar-refractivity contribution is -0.192. The number of rotatable bonds is 9. The van der Waals surface area contributed by atoms with Crippen LogP contribution in [0.3, 0.4) is 0 Å². The summed E-state index contributed by atoms with van der Waals surface area (Å²) in [6.07, 6.45) is -3.74. The number of likely N-dealkylation sites (N-methyl/N-ethyl adjacent to an activating group) is 2. The van der Waals surface area contributed by atoms with Gasteiger partial charge < -0.3 is 20.0 Å². The molecule has 0 atom stereocenters. The summed E-state index contributed by atoms with van der Waals surface area (Å²) in [5.74, 6) is -3.61. The number of aryl methyl sites for hydroxylation is 1. The summed E-state index contributed by atoms with van der Waals surface area (Å²) in [4.78, 5) is 28.9. The van der Waals surface area contributed by atoms with E-state index in [0.717, 1.165) is 6.54 Å². The van der Waals surface area contributed by atoms with Crippen LogP contribution in [0, 0.1) is 6.92 Å². The number of anilines is 2. The van der Waals surface area contributed by atoms with E-state index >= 15 is 0 Å². The number of aromatic nitrogens is 1. The number of carbonyl (C=O) groups is 2. The molecule has 1 aromatic carbocycles. The predicted molar refractivity (Wildman–Crippen MR) is 123 cm³/mol. The van der Waals surface area contributed by atoms with Crippen LogP contribution in [0.2, 0.25) is 0 Å². The van der Waals surface area contributed by atoms with Gasteiger partial charge in [-0.3, -0.25) is 4.72 Å². The van der Waals surface area contributed by atoms with Crippen LogP contribution in [-0.4, -0.2) is 80.4 Å². The van der Waals surface area contributed by atoms with E-state index in [1.165, 1.54) is 18.3 Å². The van der Waals surface area contributed by atoms with Crippen molar-refractivity contribution in [3.05, 3.63) is 47.7 Å². The van der Waals surface area contributed by atoms with Gasteiger partial charge in [-0.25, -0.2) is 23.0 Å². The Morgan fingerprint density at radius 1 is 1.11 bits per heavy atom. The van der Waals surface area contributed by atoms with Crippen molar-refractivity contribution in [2.24, 2.45) is 0 Å². The summed E-state index contributed by atoms with van der Waals surface area (Å²) in [6, 6.07) is 7.88. The molecule has 0 saturated heterocycles. The fraction of sp³-hybridized carbons (Fsp3) is 0.381. The first-order valence-electron chi connectivity index (χ1n) is 10.1. The van der Waals surface area contributed by atoms with Crippen LogP contribution in [0.15, 0.2) is 41.4 Å².